The number of carbonyl (C=O) groups excluding carboxylic acids is 1. The smallest absolute Gasteiger partial charge is 0.161 e. The van der Waals surface area contributed by atoms with Crippen molar-refractivity contribution >= 4 is 5.78 Å². The van der Waals surface area contributed by atoms with Gasteiger partial charge < -0.3 is 19.9 Å². The van der Waals surface area contributed by atoms with Gasteiger partial charge in [0.1, 0.15) is 18.5 Å². The van der Waals surface area contributed by atoms with Crippen LogP contribution in [0, 0.1) is 11.7 Å². The first-order valence-electron chi connectivity index (χ1n) is 9.30. The molecular formula is C22H28FNO4. The number of ketones is 1. The lowest BCUT2D eigenvalue weighted by atomic mass is 9.96. The highest BCUT2D eigenvalue weighted by Crippen LogP contribution is 2.28. The summed E-state index contributed by atoms with van der Waals surface area (Å²) < 4.78 is 24.1. The fraction of sp³-hybridized carbons (Fsp3) is 0.409. The van der Waals surface area contributed by atoms with Gasteiger partial charge in [-0.1, -0.05) is 26.0 Å². The predicted octanol–water partition coefficient (Wildman–Crippen LogP) is 3.76. The van der Waals surface area contributed by atoms with E-state index >= 15 is 0 Å². The summed E-state index contributed by atoms with van der Waals surface area (Å²) in [5.74, 6) is 0.835. The van der Waals surface area contributed by atoms with Gasteiger partial charge in [0.2, 0.25) is 0 Å². The number of halogens is 1. The number of aliphatic hydroxyl groups excluding tert-OH is 1. The molecule has 28 heavy (non-hydrogen) atoms. The normalized spacial score (nSPS) is 13.2. The summed E-state index contributed by atoms with van der Waals surface area (Å²) in [6.45, 7) is 5.98. The number of benzene rings is 2. The molecule has 2 aromatic rings. The van der Waals surface area contributed by atoms with Crippen LogP contribution >= 0.6 is 0 Å². The van der Waals surface area contributed by atoms with Gasteiger partial charge in [-0.25, -0.2) is 4.39 Å². The zero-order chi connectivity index (χ0) is 20.7. The van der Waals surface area contributed by atoms with Crippen LogP contribution in [0.5, 0.6) is 11.5 Å². The molecule has 0 heterocycles. The van der Waals surface area contributed by atoms with Crippen LogP contribution in [0.4, 0.5) is 4.39 Å². The molecule has 5 nitrogen and oxygen atoms in total. The molecule has 2 unspecified atom stereocenters. The van der Waals surface area contributed by atoms with Crippen molar-refractivity contribution in [2.75, 3.05) is 20.3 Å². The van der Waals surface area contributed by atoms with Gasteiger partial charge in [-0.2, -0.15) is 0 Å². The van der Waals surface area contributed by atoms with Crippen molar-refractivity contribution in [2.24, 2.45) is 5.92 Å². The number of nitrogens with one attached hydrogen (secondary N) is 1. The van der Waals surface area contributed by atoms with E-state index in [9.17, 15) is 14.3 Å². The average Bonchev–Trinajstić information content (AvgIpc) is 2.67. The minimum Gasteiger partial charge on any atom is -0.493 e. The van der Waals surface area contributed by atoms with Crippen LogP contribution in [0.25, 0.3) is 0 Å². The van der Waals surface area contributed by atoms with Crippen LogP contribution in [0.2, 0.25) is 0 Å². The maximum absolute atomic E-state index is 13.2. The van der Waals surface area contributed by atoms with E-state index in [-0.39, 0.29) is 30.2 Å². The average molecular weight is 389 g/mol. The zero-order valence-corrected chi connectivity index (χ0v) is 16.7. The zero-order valence-electron chi connectivity index (χ0n) is 16.7. The highest BCUT2D eigenvalue weighted by Gasteiger charge is 2.18. The molecule has 0 saturated heterocycles. The van der Waals surface area contributed by atoms with Gasteiger partial charge in [-0.05, 0) is 48.7 Å². The minimum absolute atomic E-state index is 0.0142. The van der Waals surface area contributed by atoms with E-state index in [1.54, 1.807) is 30.3 Å². The third-order valence-corrected chi connectivity index (χ3v) is 4.47. The second-order valence-electron chi connectivity index (χ2n) is 7.07. The number of aliphatic hydroxyl groups is 1. The van der Waals surface area contributed by atoms with Gasteiger partial charge in [-0.15, -0.1) is 0 Å². The minimum atomic E-state index is -0.751. The Morgan fingerprint density at radius 2 is 1.82 bits per heavy atom. The highest BCUT2D eigenvalue weighted by atomic mass is 19.1. The van der Waals surface area contributed by atoms with Crippen LogP contribution in [-0.2, 0) is 0 Å². The van der Waals surface area contributed by atoms with Crippen molar-refractivity contribution in [3.05, 3.63) is 59.4 Å². The van der Waals surface area contributed by atoms with Crippen molar-refractivity contribution in [3.8, 4) is 11.5 Å². The van der Waals surface area contributed by atoms with E-state index in [1.165, 1.54) is 26.2 Å². The van der Waals surface area contributed by atoms with Crippen molar-refractivity contribution in [1.82, 2.24) is 5.32 Å². The SMILES string of the molecule is COc1cc(C(C)=O)ccc1OCC(O)CNC(c1ccc(F)cc1)C(C)C. The van der Waals surface area contributed by atoms with Crippen LogP contribution in [-0.4, -0.2) is 37.3 Å². The number of hydrogen-bond donors (Lipinski definition) is 2. The molecule has 6 heteroatoms. The van der Waals surface area contributed by atoms with Crippen LogP contribution in [0.15, 0.2) is 42.5 Å². The van der Waals surface area contributed by atoms with Crippen molar-refractivity contribution in [2.45, 2.75) is 32.9 Å². The Kier molecular flexibility index (Phi) is 7.96. The number of ether oxygens (including phenoxy) is 2. The Morgan fingerprint density at radius 1 is 1.14 bits per heavy atom. The first kappa shape index (κ1) is 21.9. The van der Waals surface area contributed by atoms with Crippen LogP contribution in [0.3, 0.4) is 0 Å². The number of Topliss-reactive ketones (excluding diaryl/α,β-unsaturated/α-hetero) is 1. The molecule has 0 aliphatic rings. The monoisotopic (exact) mass is 389 g/mol. The molecule has 0 amide bonds. The molecule has 0 aliphatic carbocycles. The Balaban J connectivity index is 1.93. The molecule has 0 aromatic heterocycles. The molecule has 0 saturated carbocycles. The number of methoxy groups -OCH3 is 1. The van der Waals surface area contributed by atoms with Gasteiger partial charge in [-0.3, -0.25) is 4.79 Å². The highest BCUT2D eigenvalue weighted by molar-refractivity contribution is 5.94. The summed E-state index contributed by atoms with van der Waals surface area (Å²) in [4.78, 5) is 11.5. The molecule has 2 rings (SSSR count). The largest absolute Gasteiger partial charge is 0.493 e. The van der Waals surface area contributed by atoms with Crippen LogP contribution < -0.4 is 14.8 Å². The Labute approximate surface area is 165 Å². The fourth-order valence-electron chi connectivity index (χ4n) is 2.92. The van der Waals surface area contributed by atoms with Crippen molar-refractivity contribution in [3.63, 3.8) is 0 Å². The van der Waals surface area contributed by atoms with Gasteiger partial charge in [0.25, 0.3) is 0 Å². The maximum Gasteiger partial charge on any atom is 0.161 e. The maximum atomic E-state index is 13.2. The van der Waals surface area contributed by atoms with E-state index < -0.39 is 6.10 Å². The summed E-state index contributed by atoms with van der Waals surface area (Å²) in [7, 11) is 1.50. The lowest BCUT2D eigenvalue weighted by Gasteiger charge is -2.25. The third-order valence-electron chi connectivity index (χ3n) is 4.47. The van der Waals surface area contributed by atoms with E-state index in [1.807, 2.05) is 0 Å². The van der Waals surface area contributed by atoms with Gasteiger partial charge in [0.15, 0.2) is 17.3 Å². The Bertz CT molecular complexity index is 777. The van der Waals surface area contributed by atoms with Crippen molar-refractivity contribution in [1.29, 1.82) is 0 Å². The number of carbonyl (C=O) groups is 1. The summed E-state index contributed by atoms with van der Waals surface area (Å²) >= 11 is 0. The quantitative estimate of drug-likeness (QED) is 0.606. The predicted molar refractivity (Wildman–Crippen MR) is 106 cm³/mol. The summed E-state index contributed by atoms with van der Waals surface area (Å²) in [6, 6.07) is 11.3. The molecule has 0 fully saturated rings. The van der Waals surface area contributed by atoms with E-state index in [0.29, 0.717) is 23.6 Å². The standard InChI is InChI=1S/C22H28FNO4/c1-14(2)22(16-5-8-18(23)9-6-16)24-12-19(26)13-28-20-10-7-17(15(3)25)11-21(20)27-4/h5-11,14,19,22,24,26H,12-13H2,1-4H3. The third kappa shape index (κ3) is 6.04. The molecule has 0 bridgehead atoms. The second kappa shape index (κ2) is 10.2. The summed E-state index contributed by atoms with van der Waals surface area (Å²) in [5, 5.41) is 13.6. The fourth-order valence-corrected chi connectivity index (χ4v) is 2.92. The molecular weight excluding hydrogens is 361 g/mol. The van der Waals surface area contributed by atoms with Gasteiger partial charge in [0.05, 0.1) is 7.11 Å². The summed E-state index contributed by atoms with van der Waals surface area (Å²) in [6.07, 6.45) is -0.751. The topological polar surface area (TPSA) is 67.8 Å². The number of hydrogen-bond acceptors (Lipinski definition) is 5. The molecule has 0 spiro atoms. The van der Waals surface area contributed by atoms with Crippen molar-refractivity contribution < 1.29 is 23.8 Å². The van der Waals surface area contributed by atoms with Crippen LogP contribution in [0.1, 0.15) is 42.7 Å². The molecule has 152 valence electrons. The van der Waals surface area contributed by atoms with Gasteiger partial charge >= 0.3 is 0 Å². The lowest BCUT2D eigenvalue weighted by molar-refractivity contribution is 0.0991. The molecule has 2 N–H and O–H groups in total. The first-order chi connectivity index (χ1) is 13.3. The molecule has 0 radical (unpaired) electrons. The van der Waals surface area contributed by atoms with E-state index in [0.717, 1.165) is 5.56 Å². The molecule has 2 atom stereocenters. The first-order valence-corrected chi connectivity index (χ1v) is 9.30. The lowest BCUT2D eigenvalue weighted by Crippen LogP contribution is -2.35. The van der Waals surface area contributed by atoms with E-state index in [4.69, 9.17) is 9.47 Å². The Hall–Kier alpha value is -2.44. The number of rotatable bonds is 10. The van der Waals surface area contributed by atoms with Gasteiger partial charge in [0, 0.05) is 18.2 Å². The molecule has 0 aliphatic heterocycles. The Morgan fingerprint density at radius 3 is 2.39 bits per heavy atom. The molecule has 2 aromatic carbocycles. The second-order valence-corrected chi connectivity index (χ2v) is 7.07. The van der Waals surface area contributed by atoms with E-state index in [2.05, 4.69) is 19.2 Å². The summed E-state index contributed by atoms with van der Waals surface area (Å²) in [5.41, 5.74) is 1.50.